The molecule has 0 aliphatic rings. The van der Waals surface area contributed by atoms with E-state index in [1.54, 1.807) is 60.7 Å². The highest BCUT2D eigenvalue weighted by Crippen LogP contribution is 2.09. The van der Waals surface area contributed by atoms with Crippen molar-refractivity contribution < 1.29 is 4.79 Å². The molecule has 25 heavy (non-hydrogen) atoms. The number of carbonyl (C=O) groups is 1. The largest absolute Gasteiger partial charge is 0.346 e. The van der Waals surface area contributed by atoms with Crippen LogP contribution in [0.15, 0.2) is 64.2 Å². The van der Waals surface area contributed by atoms with Crippen LogP contribution in [0.1, 0.15) is 15.9 Å². The Balaban J connectivity index is 2.12. The van der Waals surface area contributed by atoms with E-state index in [2.05, 4.69) is 9.97 Å². The maximum absolute atomic E-state index is 12.2. The molecule has 6 heteroatoms. The van der Waals surface area contributed by atoms with E-state index in [1.807, 2.05) is 0 Å². The lowest BCUT2D eigenvalue weighted by Crippen LogP contribution is -2.47. The summed E-state index contributed by atoms with van der Waals surface area (Å²) in [5.74, 6) is -0.335. The third-order valence-electron chi connectivity index (χ3n) is 3.50. The van der Waals surface area contributed by atoms with E-state index in [1.165, 1.54) is 6.08 Å². The molecule has 3 rings (SSSR count). The molecule has 0 aliphatic heterocycles. The fourth-order valence-corrected chi connectivity index (χ4v) is 2.37. The summed E-state index contributed by atoms with van der Waals surface area (Å²) >= 11 is 5.83. The molecule has 1 aromatic heterocycles. The Hall–Kier alpha value is -3.18. The van der Waals surface area contributed by atoms with Gasteiger partial charge in [-0.05, 0) is 23.8 Å². The van der Waals surface area contributed by atoms with Gasteiger partial charge < -0.3 is 4.98 Å². The summed E-state index contributed by atoms with van der Waals surface area (Å²) in [6.45, 7) is 0. The molecule has 0 unspecified atom stereocenters. The lowest BCUT2D eigenvalue weighted by molar-refractivity contribution is 0.106. The summed E-state index contributed by atoms with van der Waals surface area (Å²) in [6.07, 6.45) is 2.74. The molecule has 124 valence electrons. The highest BCUT2D eigenvalue weighted by Gasteiger charge is 2.03. The first-order valence-electron chi connectivity index (χ1n) is 7.44. The first kappa shape index (κ1) is 16.7. The van der Waals surface area contributed by atoms with Crippen molar-refractivity contribution in [2.75, 3.05) is 0 Å². The van der Waals surface area contributed by atoms with Crippen molar-refractivity contribution in [2.24, 2.45) is 0 Å². The number of aromatic nitrogens is 2. The van der Waals surface area contributed by atoms with Crippen LogP contribution in [0.5, 0.6) is 0 Å². The Labute approximate surface area is 146 Å². The molecular weight excluding hydrogens is 340 g/mol. The van der Waals surface area contributed by atoms with Gasteiger partial charge in [-0.15, -0.1) is 0 Å². The molecule has 0 aliphatic carbocycles. The average Bonchev–Trinajstić information content (AvgIpc) is 2.61. The highest BCUT2D eigenvalue weighted by molar-refractivity contribution is 6.30. The summed E-state index contributed by atoms with van der Waals surface area (Å²) in [5, 5.41) is 0.745. The molecule has 0 atom stereocenters. The molecule has 0 saturated carbocycles. The van der Waals surface area contributed by atoms with Crippen LogP contribution in [-0.4, -0.2) is 15.8 Å². The number of hydrogen-bond acceptors (Lipinski definition) is 3. The van der Waals surface area contributed by atoms with Crippen molar-refractivity contribution in [3.8, 4) is 0 Å². The number of Topliss-reactive ketones (excluding diaryl/α,β-unsaturated/α-hetero) is 1. The molecule has 0 spiro atoms. The van der Waals surface area contributed by atoms with E-state index in [-0.39, 0.29) is 16.5 Å². The van der Waals surface area contributed by atoms with Crippen molar-refractivity contribution in [2.45, 2.75) is 0 Å². The van der Waals surface area contributed by atoms with Gasteiger partial charge in [0, 0.05) is 16.7 Å². The van der Waals surface area contributed by atoms with Crippen molar-refractivity contribution >= 4 is 29.5 Å². The topological polar surface area (TPSA) is 82.8 Å². The van der Waals surface area contributed by atoms with Crippen LogP contribution < -0.4 is 21.8 Å². The van der Waals surface area contributed by atoms with Crippen molar-refractivity contribution in [3.63, 3.8) is 0 Å². The van der Waals surface area contributed by atoms with E-state index < -0.39 is 11.1 Å². The first-order valence-corrected chi connectivity index (χ1v) is 7.82. The zero-order valence-electron chi connectivity index (χ0n) is 13.0. The Morgan fingerprint density at radius 1 is 0.840 bits per heavy atom. The molecule has 2 aromatic carbocycles. The van der Waals surface area contributed by atoms with Crippen LogP contribution in [0, 0.1) is 0 Å². The van der Waals surface area contributed by atoms with Crippen LogP contribution in [0.3, 0.4) is 0 Å². The lowest BCUT2D eigenvalue weighted by Gasteiger charge is -1.96. The minimum Gasteiger partial charge on any atom is -0.346 e. The van der Waals surface area contributed by atoms with Gasteiger partial charge in [0.25, 0.3) is 11.1 Å². The van der Waals surface area contributed by atoms with Crippen LogP contribution in [0.25, 0.3) is 12.2 Å². The standard InChI is InChI=1S/C19H13ClN2O3/c20-14-8-6-12(7-9-14)10-15-18(24)22-19(25)16(21-15)11-17(23)13-4-2-1-3-5-13/h1-11,21H,(H,22,24,25). The van der Waals surface area contributed by atoms with Gasteiger partial charge in [0.15, 0.2) is 5.78 Å². The third-order valence-corrected chi connectivity index (χ3v) is 3.75. The van der Waals surface area contributed by atoms with Crippen molar-refractivity contribution in [3.05, 3.63) is 102 Å². The number of benzene rings is 2. The summed E-state index contributed by atoms with van der Waals surface area (Å²) in [6, 6.07) is 15.4. The third kappa shape index (κ3) is 4.02. The quantitative estimate of drug-likeness (QED) is 0.695. The van der Waals surface area contributed by atoms with Crippen LogP contribution in [0.4, 0.5) is 0 Å². The molecule has 0 amide bonds. The molecule has 3 aromatic rings. The number of aromatic amines is 2. The molecule has 0 radical (unpaired) electrons. The minimum atomic E-state index is -0.650. The second-order valence-electron chi connectivity index (χ2n) is 5.31. The van der Waals surface area contributed by atoms with Gasteiger partial charge in [0.1, 0.15) is 10.7 Å². The second-order valence-corrected chi connectivity index (χ2v) is 5.74. The Kier molecular flexibility index (Phi) is 4.77. The van der Waals surface area contributed by atoms with Gasteiger partial charge in [-0.25, -0.2) is 0 Å². The predicted octanol–water partition coefficient (Wildman–Crippen LogP) is 1.21. The van der Waals surface area contributed by atoms with Gasteiger partial charge in [-0.1, -0.05) is 54.1 Å². The van der Waals surface area contributed by atoms with Gasteiger partial charge in [0.2, 0.25) is 0 Å². The fourth-order valence-electron chi connectivity index (χ4n) is 2.24. The summed E-state index contributed by atoms with van der Waals surface area (Å²) in [7, 11) is 0. The number of H-pyrrole nitrogens is 2. The van der Waals surface area contributed by atoms with Gasteiger partial charge in [0.05, 0.1) is 0 Å². The van der Waals surface area contributed by atoms with E-state index in [0.717, 1.165) is 5.56 Å². The number of hydrogen-bond donors (Lipinski definition) is 2. The smallest absolute Gasteiger partial charge is 0.274 e. The number of ketones is 1. The molecule has 1 heterocycles. The maximum atomic E-state index is 12.2. The number of rotatable bonds is 3. The molecule has 0 saturated heterocycles. The van der Waals surface area contributed by atoms with E-state index in [0.29, 0.717) is 10.6 Å². The molecule has 5 nitrogen and oxygen atoms in total. The monoisotopic (exact) mass is 352 g/mol. The van der Waals surface area contributed by atoms with Gasteiger partial charge in [-0.3, -0.25) is 19.4 Å². The zero-order chi connectivity index (χ0) is 17.8. The predicted molar refractivity (Wildman–Crippen MR) is 97.2 cm³/mol. The Morgan fingerprint density at radius 2 is 1.48 bits per heavy atom. The number of halogens is 1. The number of nitrogens with one attached hydrogen (secondary N) is 2. The van der Waals surface area contributed by atoms with Gasteiger partial charge in [-0.2, -0.15) is 0 Å². The fraction of sp³-hybridized carbons (Fsp3) is 0. The maximum Gasteiger partial charge on any atom is 0.274 e. The average molecular weight is 353 g/mol. The van der Waals surface area contributed by atoms with Crippen molar-refractivity contribution in [1.29, 1.82) is 0 Å². The summed E-state index contributed by atoms with van der Waals surface area (Å²) < 4.78 is 0. The zero-order valence-corrected chi connectivity index (χ0v) is 13.7. The molecule has 2 N–H and O–H groups in total. The van der Waals surface area contributed by atoms with Crippen LogP contribution in [0.2, 0.25) is 5.02 Å². The molecule has 0 fully saturated rings. The minimum absolute atomic E-state index is 0.00802. The molecule has 0 bridgehead atoms. The first-order chi connectivity index (χ1) is 12.0. The van der Waals surface area contributed by atoms with Crippen LogP contribution in [-0.2, 0) is 0 Å². The Morgan fingerprint density at radius 3 is 2.16 bits per heavy atom. The normalized spacial score (nSPS) is 12.4. The van der Waals surface area contributed by atoms with E-state index in [9.17, 15) is 14.4 Å². The van der Waals surface area contributed by atoms with Crippen molar-refractivity contribution in [1.82, 2.24) is 9.97 Å². The SMILES string of the molecule is O=C(C=c1[nH]c(=Cc2ccc(Cl)cc2)c(=O)[nH]c1=O)c1ccccc1. The Bertz CT molecular complexity index is 1140. The summed E-state index contributed by atoms with van der Waals surface area (Å²) in [4.78, 5) is 41.1. The lowest BCUT2D eigenvalue weighted by atomic mass is 10.1. The van der Waals surface area contributed by atoms with Gasteiger partial charge >= 0.3 is 0 Å². The van der Waals surface area contributed by atoms with E-state index in [4.69, 9.17) is 11.6 Å². The van der Waals surface area contributed by atoms with Crippen LogP contribution >= 0.6 is 11.6 Å². The van der Waals surface area contributed by atoms with E-state index >= 15 is 0 Å². The summed E-state index contributed by atoms with van der Waals surface area (Å²) in [5.41, 5.74) is -0.0401. The highest BCUT2D eigenvalue weighted by atomic mass is 35.5. The number of carbonyl (C=O) groups excluding carboxylic acids is 1. The molecular formula is C19H13ClN2O3. The second kappa shape index (κ2) is 7.15.